The van der Waals surface area contributed by atoms with Crippen molar-refractivity contribution in [1.82, 2.24) is 0 Å². The molecule has 0 spiro atoms. The van der Waals surface area contributed by atoms with Gasteiger partial charge >= 0.3 is 0 Å². The summed E-state index contributed by atoms with van der Waals surface area (Å²) in [7, 11) is 3.32. The van der Waals surface area contributed by atoms with E-state index in [-0.39, 0.29) is 0 Å². The number of thiophene rings is 1. The molecule has 0 aliphatic carbocycles. The molecule has 0 unspecified atom stereocenters. The van der Waals surface area contributed by atoms with Gasteiger partial charge < -0.3 is 9.47 Å². The predicted octanol–water partition coefficient (Wildman–Crippen LogP) is 4.63. The topological polar surface area (TPSA) is 18.5 Å². The lowest BCUT2D eigenvalue weighted by Gasteiger charge is -2.08. The van der Waals surface area contributed by atoms with Crippen LogP contribution in [0.3, 0.4) is 0 Å². The maximum Gasteiger partial charge on any atom is 0.161 e. The summed E-state index contributed by atoms with van der Waals surface area (Å²) >= 11 is 1.85. The molecule has 0 atom stereocenters. The molecule has 102 valence electrons. The molecule has 0 radical (unpaired) electrons. The predicted molar refractivity (Wildman–Crippen MR) is 81.4 cm³/mol. The first-order valence-electron chi connectivity index (χ1n) is 6.45. The van der Waals surface area contributed by atoms with Crippen LogP contribution < -0.4 is 9.47 Å². The van der Waals surface area contributed by atoms with E-state index < -0.39 is 0 Å². The summed E-state index contributed by atoms with van der Waals surface area (Å²) in [6, 6.07) is 10.5. The van der Waals surface area contributed by atoms with E-state index in [9.17, 15) is 0 Å². The van der Waals surface area contributed by atoms with Gasteiger partial charge in [-0.15, -0.1) is 11.3 Å². The number of hydrogen-bond acceptors (Lipinski definition) is 3. The molecule has 2 aromatic rings. The largest absolute Gasteiger partial charge is 0.493 e. The minimum atomic E-state index is 0.692. The summed E-state index contributed by atoms with van der Waals surface area (Å²) in [5, 5.41) is 0. The third kappa shape index (κ3) is 3.29. The van der Waals surface area contributed by atoms with E-state index in [1.54, 1.807) is 14.2 Å². The minimum absolute atomic E-state index is 0.692. The van der Waals surface area contributed by atoms with E-state index in [0.717, 1.165) is 17.9 Å². The summed E-state index contributed by atoms with van der Waals surface area (Å²) in [4.78, 5) is 2.70. The summed E-state index contributed by atoms with van der Waals surface area (Å²) < 4.78 is 10.6. The number of methoxy groups -OCH3 is 2. The third-order valence-corrected chi connectivity index (χ3v) is 4.10. The molecule has 19 heavy (non-hydrogen) atoms. The average Bonchev–Trinajstić information content (AvgIpc) is 2.85. The first-order chi connectivity index (χ1) is 9.13. The lowest BCUT2D eigenvalue weighted by molar-refractivity contribution is 0.355. The Kier molecular flexibility index (Phi) is 4.48. The van der Waals surface area contributed by atoms with Crippen LogP contribution in [-0.2, 0) is 6.42 Å². The van der Waals surface area contributed by atoms with Crippen LogP contribution in [0.1, 0.15) is 18.7 Å². The van der Waals surface area contributed by atoms with Gasteiger partial charge in [0, 0.05) is 9.75 Å². The van der Waals surface area contributed by atoms with Gasteiger partial charge in [0.15, 0.2) is 11.5 Å². The molecule has 0 amide bonds. The zero-order valence-electron chi connectivity index (χ0n) is 11.9. The molecule has 0 saturated carbocycles. The molecular formula is C16H20O2S. The van der Waals surface area contributed by atoms with Gasteiger partial charge in [0.05, 0.1) is 14.2 Å². The first-order valence-corrected chi connectivity index (χ1v) is 7.26. The zero-order chi connectivity index (χ0) is 13.8. The fraction of sp³-hybridized carbons (Fsp3) is 0.375. The normalized spacial score (nSPS) is 10.8. The summed E-state index contributed by atoms with van der Waals surface area (Å²) in [6.45, 7) is 4.49. The summed E-state index contributed by atoms with van der Waals surface area (Å²) in [5.41, 5.74) is 1.18. The van der Waals surface area contributed by atoms with Crippen molar-refractivity contribution in [3.8, 4) is 21.9 Å². The fourth-order valence-corrected chi connectivity index (χ4v) is 3.25. The van der Waals surface area contributed by atoms with E-state index in [0.29, 0.717) is 5.92 Å². The Morgan fingerprint density at radius 2 is 1.74 bits per heavy atom. The maximum atomic E-state index is 5.35. The second-order valence-electron chi connectivity index (χ2n) is 4.93. The van der Waals surface area contributed by atoms with Gasteiger partial charge in [0.25, 0.3) is 0 Å². The number of benzene rings is 1. The van der Waals surface area contributed by atoms with Gasteiger partial charge in [-0.25, -0.2) is 0 Å². The molecule has 0 aliphatic heterocycles. The fourth-order valence-electron chi connectivity index (χ4n) is 2.03. The SMILES string of the molecule is COc1ccc(-c2ccc(CC(C)C)s2)cc1OC. The van der Waals surface area contributed by atoms with Crippen LogP contribution in [-0.4, -0.2) is 14.2 Å². The highest BCUT2D eigenvalue weighted by Crippen LogP contribution is 2.35. The molecular weight excluding hydrogens is 256 g/mol. The molecule has 1 aromatic heterocycles. The second-order valence-corrected chi connectivity index (χ2v) is 6.10. The van der Waals surface area contributed by atoms with Crippen LogP contribution in [0, 0.1) is 5.92 Å². The molecule has 1 heterocycles. The lowest BCUT2D eigenvalue weighted by Crippen LogP contribution is -1.90. The monoisotopic (exact) mass is 276 g/mol. The van der Waals surface area contributed by atoms with E-state index in [2.05, 4.69) is 32.0 Å². The van der Waals surface area contributed by atoms with Crippen molar-refractivity contribution in [2.24, 2.45) is 5.92 Å². The molecule has 1 aromatic carbocycles. The summed E-state index contributed by atoms with van der Waals surface area (Å²) in [5.74, 6) is 2.24. The van der Waals surface area contributed by atoms with Gasteiger partial charge in [0.2, 0.25) is 0 Å². The number of rotatable bonds is 5. The van der Waals surface area contributed by atoms with Crippen LogP contribution in [0.25, 0.3) is 10.4 Å². The Morgan fingerprint density at radius 1 is 1.00 bits per heavy atom. The number of ether oxygens (including phenoxy) is 2. The lowest BCUT2D eigenvalue weighted by atomic mass is 10.1. The zero-order valence-corrected chi connectivity index (χ0v) is 12.7. The third-order valence-electron chi connectivity index (χ3n) is 2.94. The molecule has 2 nitrogen and oxygen atoms in total. The van der Waals surface area contributed by atoms with Gasteiger partial charge in [-0.1, -0.05) is 13.8 Å². The molecule has 0 aliphatic rings. The van der Waals surface area contributed by atoms with Crippen molar-refractivity contribution in [2.75, 3.05) is 14.2 Å². The highest BCUT2D eigenvalue weighted by atomic mass is 32.1. The van der Waals surface area contributed by atoms with Crippen LogP contribution in [0.15, 0.2) is 30.3 Å². The Hall–Kier alpha value is -1.48. The van der Waals surface area contributed by atoms with E-state index in [1.807, 2.05) is 23.5 Å². The van der Waals surface area contributed by atoms with Gasteiger partial charge in [0.1, 0.15) is 0 Å². The molecule has 2 rings (SSSR count). The average molecular weight is 276 g/mol. The van der Waals surface area contributed by atoms with E-state index >= 15 is 0 Å². The van der Waals surface area contributed by atoms with Gasteiger partial charge in [-0.2, -0.15) is 0 Å². The molecule has 0 bridgehead atoms. The van der Waals surface area contributed by atoms with Crippen LogP contribution in [0.5, 0.6) is 11.5 Å². The first kappa shape index (κ1) is 13.9. The maximum absolute atomic E-state index is 5.35. The number of hydrogen-bond donors (Lipinski definition) is 0. The minimum Gasteiger partial charge on any atom is -0.493 e. The van der Waals surface area contributed by atoms with Crippen LogP contribution in [0.4, 0.5) is 0 Å². The Morgan fingerprint density at radius 3 is 2.37 bits per heavy atom. The van der Waals surface area contributed by atoms with Crippen molar-refractivity contribution >= 4 is 11.3 Å². The highest BCUT2D eigenvalue weighted by molar-refractivity contribution is 7.15. The van der Waals surface area contributed by atoms with Crippen molar-refractivity contribution in [2.45, 2.75) is 20.3 Å². The van der Waals surface area contributed by atoms with Crippen LogP contribution >= 0.6 is 11.3 Å². The Bertz CT molecular complexity index is 543. The smallest absolute Gasteiger partial charge is 0.161 e. The van der Waals surface area contributed by atoms with Gasteiger partial charge in [-0.3, -0.25) is 0 Å². The summed E-state index contributed by atoms with van der Waals surface area (Å²) in [6.07, 6.45) is 1.14. The quantitative estimate of drug-likeness (QED) is 0.792. The van der Waals surface area contributed by atoms with E-state index in [4.69, 9.17) is 9.47 Å². The standard InChI is InChI=1S/C16H20O2S/c1-11(2)9-13-6-8-16(19-13)12-5-7-14(17-3)15(10-12)18-4/h5-8,10-11H,9H2,1-4H3. The van der Waals surface area contributed by atoms with Crippen LogP contribution in [0.2, 0.25) is 0 Å². The van der Waals surface area contributed by atoms with Crippen molar-refractivity contribution in [1.29, 1.82) is 0 Å². The van der Waals surface area contributed by atoms with E-state index in [1.165, 1.54) is 15.3 Å². The Labute approximate surface area is 119 Å². The molecule has 0 fully saturated rings. The van der Waals surface area contributed by atoms with Crippen molar-refractivity contribution in [3.63, 3.8) is 0 Å². The highest BCUT2D eigenvalue weighted by Gasteiger charge is 2.09. The molecule has 0 saturated heterocycles. The Balaban J connectivity index is 2.28. The van der Waals surface area contributed by atoms with Gasteiger partial charge in [-0.05, 0) is 48.2 Å². The molecule has 3 heteroatoms. The molecule has 0 N–H and O–H groups in total. The second kappa shape index (κ2) is 6.11. The van der Waals surface area contributed by atoms with Crippen molar-refractivity contribution in [3.05, 3.63) is 35.2 Å². The van der Waals surface area contributed by atoms with Crippen molar-refractivity contribution < 1.29 is 9.47 Å².